The summed E-state index contributed by atoms with van der Waals surface area (Å²) in [5, 5.41) is 11.3. The molecule has 18 heavy (non-hydrogen) atoms. The minimum atomic E-state index is -0.595. The normalized spacial score (nSPS) is 10.1. The zero-order valence-electron chi connectivity index (χ0n) is 9.04. The predicted octanol–water partition coefficient (Wildman–Crippen LogP) is 3.02. The van der Waals surface area contributed by atoms with Gasteiger partial charge in [-0.05, 0) is 12.1 Å². The van der Waals surface area contributed by atoms with E-state index in [1.165, 1.54) is 30.6 Å². The van der Waals surface area contributed by atoms with Gasteiger partial charge in [-0.3, -0.25) is 15.1 Å². The summed E-state index contributed by atoms with van der Waals surface area (Å²) in [5.41, 5.74) is 5.30. The summed E-state index contributed by atoms with van der Waals surface area (Å²) in [4.78, 5) is 14.1. The molecule has 0 bridgehead atoms. The lowest BCUT2D eigenvalue weighted by atomic mass is 10.2. The number of benzene rings is 1. The third kappa shape index (κ3) is 2.49. The minimum Gasteiger partial charge on any atom is -0.448 e. The lowest BCUT2D eigenvalue weighted by Gasteiger charge is -2.07. The molecule has 0 atom stereocenters. The van der Waals surface area contributed by atoms with E-state index in [9.17, 15) is 10.1 Å². The molecule has 6 nitrogen and oxygen atoms in total. The maximum Gasteiger partial charge on any atom is 0.334 e. The molecule has 1 aromatic heterocycles. The van der Waals surface area contributed by atoms with Crippen molar-refractivity contribution in [3.63, 3.8) is 0 Å². The molecule has 0 fully saturated rings. The molecule has 0 aliphatic carbocycles. The fraction of sp³-hybridized carbons (Fsp3) is 0. The molecule has 0 unspecified atom stereocenters. The average Bonchev–Trinajstić information content (AvgIpc) is 2.28. The Morgan fingerprint density at radius 2 is 2.17 bits per heavy atom. The molecule has 0 aliphatic rings. The number of para-hydroxylation sites is 1. The van der Waals surface area contributed by atoms with Crippen LogP contribution in [0.25, 0.3) is 0 Å². The third-order valence-corrected chi connectivity index (χ3v) is 2.33. The van der Waals surface area contributed by atoms with E-state index in [1.807, 2.05) is 0 Å². The second kappa shape index (κ2) is 4.89. The van der Waals surface area contributed by atoms with Crippen molar-refractivity contribution >= 4 is 23.0 Å². The number of anilines is 1. The van der Waals surface area contributed by atoms with Crippen LogP contribution in [0.4, 0.5) is 11.4 Å². The van der Waals surface area contributed by atoms with Gasteiger partial charge in [0.25, 0.3) is 0 Å². The van der Waals surface area contributed by atoms with Crippen molar-refractivity contribution in [2.75, 3.05) is 5.73 Å². The Morgan fingerprint density at radius 3 is 2.83 bits per heavy atom. The highest BCUT2D eigenvalue weighted by Gasteiger charge is 2.19. The molecule has 2 N–H and O–H groups in total. The Morgan fingerprint density at radius 1 is 1.39 bits per heavy atom. The topological polar surface area (TPSA) is 91.3 Å². The molecule has 0 radical (unpaired) electrons. The molecule has 0 saturated heterocycles. The van der Waals surface area contributed by atoms with Crippen LogP contribution in [0.15, 0.2) is 36.7 Å². The zero-order valence-corrected chi connectivity index (χ0v) is 9.79. The Kier molecular flexibility index (Phi) is 3.29. The van der Waals surface area contributed by atoms with Crippen LogP contribution >= 0.6 is 11.6 Å². The van der Waals surface area contributed by atoms with Gasteiger partial charge in [0.05, 0.1) is 16.1 Å². The first kappa shape index (κ1) is 12.1. The largest absolute Gasteiger partial charge is 0.448 e. The number of pyridine rings is 1. The second-order valence-electron chi connectivity index (χ2n) is 3.39. The van der Waals surface area contributed by atoms with Crippen LogP contribution < -0.4 is 10.5 Å². The number of halogens is 1. The van der Waals surface area contributed by atoms with Gasteiger partial charge in [-0.25, -0.2) is 0 Å². The average molecular weight is 266 g/mol. The first-order chi connectivity index (χ1) is 8.58. The molecule has 7 heteroatoms. The molecule has 2 aromatic rings. The summed E-state index contributed by atoms with van der Waals surface area (Å²) in [6, 6.07) is 5.95. The van der Waals surface area contributed by atoms with E-state index in [2.05, 4.69) is 4.98 Å². The Hall–Kier alpha value is -2.34. The van der Waals surface area contributed by atoms with Gasteiger partial charge in [-0.1, -0.05) is 17.7 Å². The molecule has 0 saturated carbocycles. The Labute approximate surface area is 107 Å². The number of hydrogen-bond donors (Lipinski definition) is 1. The highest BCUT2D eigenvalue weighted by molar-refractivity contribution is 6.30. The van der Waals surface area contributed by atoms with E-state index in [-0.39, 0.29) is 17.1 Å². The first-order valence-corrected chi connectivity index (χ1v) is 5.27. The minimum absolute atomic E-state index is 0.0347. The number of nitrogen functional groups attached to an aromatic ring is 1. The molecule has 0 spiro atoms. The van der Waals surface area contributed by atoms with Crippen LogP contribution in [0.1, 0.15) is 0 Å². The highest BCUT2D eigenvalue weighted by Crippen LogP contribution is 2.35. The van der Waals surface area contributed by atoms with Crippen molar-refractivity contribution in [2.45, 2.75) is 0 Å². The molecular formula is C11H8ClN3O3. The molecular weight excluding hydrogens is 258 g/mol. The molecule has 92 valence electrons. The van der Waals surface area contributed by atoms with E-state index in [1.54, 1.807) is 6.07 Å². The van der Waals surface area contributed by atoms with Crippen LogP contribution in [-0.2, 0) is 0 Å². The molecule has 2 rings (SSSR count). The van der Waals surface area contributed by atoms with Crippen LogP contribution in [0.2, 0.25) is 5.02 Å². The zero-order chi connectivity index (χ0) is 13.1. The van der Waals surface area contributed by atoms with Crippen molar-refractivity contribution in [3.05, 3.63) is 51.8 Å². The lowest BCUT2D eigenvalue weighted by molar-refractivity contribution is -0.384. The van der Waals surface area contributed by atoms with Crippen molar-refractivity contribution in [1.82, 2.24) is 4.98 Å². The van der Waals surface area contributed by atoms with Crippen molar-refractivity contribution in [3.8, 4) is 11.5 Å². The first-order valence-electron chi connectivity index (χ1n) is 4.89. The van der Waals surface area contributed by atoms with Gasteiger partial charge < -0.3 is 10.5 Å². The smallest absolute Gasteiger partial charge is 0.334 e. The lowest BCUT2D eigenvalue weighted by Crippen LogP contribution is -1.98. The monoisotopic (exact) mass is 265 g/mol. The van der Waals surface area contributed by atoms with Crippen molar-refractivity contribution in [2.24, 2.45) is 0 Å². The number of ether oxygens (including phenoxy) is 1. The number of nitrogens with two attached hydrogens (primary N) is 1. The Balaban J connectivity index is 2.40. The van der Waals surface area contributed by atoms with Crippen LogP contribution in [0, 0.1) is 10.1 Å². The van der Waals surface area contributed by atoms with Gasteiger partial charge in [0, 0.05) is 12.3 Å². The summed E-state index contributed by atoms with van der Waals surface area (Å²) in [7, 11) is 0. The summed E-state index contributed by atoms with van der Waals surface area (Å²) in [6.07, 6.45) is 2.83. The van der Waals surface area contributed by atoms with Gasteiger partial charge in [0.15, 0.2) is 0 Å². The molecule has 1 aromatic carbocycles. The Bertz CT molecular complexity index is 604. The van der Waals surface area contributed by atoms with E-state index in [4.69, 9.17) is 22.1 Å². The second-order valence-corrected chi connectivity index (χ2v) is 3.83. The van der Waals surface area contributed by atoms with E-state index < -0.39 is 4.92 Å². The maximum absolute atomic E-state index is 10.9. The van der Waals surface area contributed by atoms with E-state index in [0.29, 0.717) is 10.8 Å². The predicted molar refractivity (Wildman–Crippen MR) is 66.8 cm³/mol. The van der Waals surface area contributed by atoms with Crippen molar-refractivity contribution < 1.29 is 9.66 Å². The summed E-state index contributed by atoms with van der Waals surface area (Å²) in [5.74, 6) is 0.347. The van der Waals surface area contributed by atoms with Gasteiger partial charge in [0.2, 0.25) is 5.75 Å². The van der Waals surface area contributed by atoms with E-state index >= 15 is 0 Å². The molecule has 1 heterocycles. The van der Waals surface area contributed by atoms with Crippen molar-refractivity contribution in [1.29, 1.82) is 0 Å². The number of rotatable bonds is 3. The van der Waals surface area contributed by atoms with Gasteiger partial charge >= 0.3 is 5.69 Å². The number of nitrogens with zero attached hydrogens (tertiary/aromatic N) is 2. The van der Waals surface area contributed by atoms with Gasteiger partial charge in [0.1, 0.15) is 11.4 Å². The molecule has 0 aliphatic heterocycles. The van der Waals surface area contributed by atoms with Gasteiger partial charge in [-0.2, -0.15) is 0 Å². The SMILES string of the molecule is Nc1cccc(Oc2cncc(Cl)c2)c1[N+](=O)[O-]. The fourth-order valence-corrected chi connectivity index (χ4v) is 1.56. The standard InChI is InChI=1S/C11H8ClN3O3/c12-7-4-8(6-14-5-7)18-10-3-1-2-9(13)11(10)15(16)17/h1-6H,13H2. The summed E-state index contributed by atoms with van der Waals surface area (Å²) < 4.78 is 5.36. The highest BCUT2D eigenvalue weighted by atomic mass is 35.5. The quantitative estimate of drug-likeness (QED) is 0.523. The van der Waals surface area contributed by atoms with Crippen LogP contribution in [0.3, 0.4) is 0 Å². The third-order valence-electron chi connectivity index (χ3n) is 2.12. The molecule has 0 amide bonds. The van der Waals surface area contributed by atoms with Gasteiger partial charge in [-0.15, -0.1) is 0 Å². The number of nitro groups is 1. The van der Waals surface area contributed by atoms with Crippen LogP contribution in [-0.4, -0.2) is 9.91 Å². The maximum atomic E-state index is 10.9. The van der Waals surface area contributed by atoms with Crippen LogP contribution in [0.5, 0.6) is 11.5 Å². The summed E-state index contributed by atoms with van der Waals surface area (Å²) in [6.45, 7) is 0. The number of aromatic nitrogens is 1. The number of hydrogen-bond acceptors (Lipinski definition) is 5. The summed E-state index contributed by atoms with van der Waals surface area (Å²) >= 11 is 5.74. The fourth-order valence-electron chi connectivity index (χ4n) is 1.39. The number of nitro benzene ring substituents is 1. The van der Waals surface area contributed by atoms with E-state index in [0.717, 1.165) is 0 Å².